The summed E-state index contributed by atoms with van der Waals surface area (Å²) in [5, 5.41) is 0. The van der Waals surface area contributed by atoms with E-state index in [0.717, 1.165) is 22.6 Å². The molecule has 0 unspecified atom stereocenters. The molecule has 0 aliphatic heterocycles. The van der Waals surface area contributed by atoms with Crippen LogP contribution in [0.2, 0.25) is 0 Å². The SMILES string of the molecule is [2H]C1([2H])C(=C)C1(c1ccc(OC)cc1)c1ccc(OC)cc1. The summed E-state index contributed by atoms with van der Waals surface area (Å²) >= 11 is 0. The summed E-state index contributed by atoms with van der Waals surface area (Å²) in [6, 6.07) is 15.0. The molecule has 20 heavy (non-hydrogen) atoms. The zero-order valence-corrected chi connectivity index (χ0v) is 11.6. The van der Waals surface area contributed by atoms with Gasteiger partial charge in [-0.3, -0.25) is 0 Å². The molecule has 0 bridgehead atoms. The Morgan fingerprint density at radius 3 is 1.50 bits per heavy atom. The maximum Gasteiger partial charge on any atom is 0.118 e. The Morgan fingerprint density at radius 1 is 0.900 bits per heavy atom. The zero-order chi connectivity index (χ0) is 16.0. The summed E-state index contributed by atoms with van der Waals surface area (Å²) in [5.74, 6) is 1.50. The standard InChI is InChI=1S/C18H18O2/c1-13-12-18(13,14-4-8-16(19-2)9-5-14)15-6-10-17(20-3)11-7-15/h4-11H,1,12H2,2-3H3/i12D2. The number of rotatable bonds is 4. The lowest BCUT2D eigenvalue weighted by atomic mass is 9.87. The van der Waals surface area contributed by atoms with E-state index < -0.39 is 11.8 Å². The number of benzene rings is 2. The maximum absolute atomic E-state index is 8.34. The number of allylic oxidation sites excluding steroid dienone is 1. The Balaban J connectivity index is 2.11. The summed E-state index contributed by atoms with van der Waals surface area (Å²) in [4.78, 5) is 0. The minimum absolute atomic E-state index is 0.579. The van der Waals surface area contributed by atoms with Crippen LogP contribution in [0.15, 0.2) is 60.7 Å². The van der Waals surface area contributed by atoms with Gasteiger partial charge in [-0.1, -0.05) is 36.4 Å². The fraction of sp³-hybridized carbons (Fsp3) is 0.222. The molecule has 2 nitrogen and oxygen atoms in total. The molecule has 0 spiro atoms. The summed E-state index contributed by atoms with van der Waals surface area (Å²) in [6.45, 7) is 3.97. The van der Waals surface area contributed by atoms with Crippen molar-refractivity contribution in [3.05, 3.63) is 71.8 Å². The monoisotopic (exact) mass is 268 g/mol. The molecule has 1 saturated carbocycles. The van der Waals surface area contributed by atoms with E-state index in [0.29, 0.717) is 5.57 Å². The summed E-state index contributed by atoms with van der Waals surface area (Å²) < 4.78 is 27.0. The Hall–Kier alpha value is -2.22. The molecule has 0 atom stereocenters. The smallest absolute Gasteiger partial charge is 0.118 e. The third-order valence-electron chi connectivity index (χ3n) is 3.77. The first kappa shape index (κ1) is 10.6. The molecule has 0 amide bonds. The number of ether oxygens (including phenoxy) is 2. The fourth-order valence-corrected chi connectivity index (χ4v) is 2.54. The van der Waals surface area contributed by atoms with E-state index in [9.17, 15) is 0 Å². The molecule has 2 aromatic carbocycles. The third kappa shape index (κ3) is 1.88. The average Bonchev–Trinajstić information content (AvgIpc) is 3.01. The van der Waals surface area contributed by atoms with E-state index in [4.69, 9.17) is 12.2 Å². The van der Waals surface area contributed by atoms with Gasteiger partial charge < -0.3 is 9.47 Å². The lowest BCUT2D eigenvalue weighted by Gasteiger charge is -2.17. The van der Waals surface area contributed by atoms with Crippen molar-refractivity contribution in [3.63, 3.8) is 0 Å². The van der Waals surface area contributed by atoms with Crippen LogP contribution in [-0.4, -0.2) is 14.2 Å². The van der Waals surface area contributed by atoms with Crippen LogP contribution in [0, 0.1) is 0 Å². The lowest BCUT2D eigenvalue weighted by Crippen LogP contribution is -2.09. The molecule has 1 fully saturated rings. The van der Waals surface area contributed by atoms with E-state index in [-0.39, 0.29) is 0 Å². The first-order valence-corrected chi connectivity index (χ1v) is 6.47. The Labute approximate surface area is 122 Å². The highest BCUT2D eigenvalue weighted by Crippen LogP contribution is 2.57. The van der Waals surface area contributed by atoms with Gasteiger partial charge in [0.05, 0.1) is 14.2 Å². The summed E-state index contributed by atoms with van der Waals surface area (Å²) in [5.41, 5.74) is 1.54. The van der Waals surface area contributed by atoms with Crippen LogP contribution < -0.4 is 9.47 Å². The van der Waals surface area contributed by atoms with Crippen LogP contribution in [0.4, 0.5) is 0 Å². The van der Waals surface area contributed by atoms with Gasteiger partial charge in [0, 0.05) is 8.16 Å². The summed E-state index contributed by atoms with van der Waals surface area (Å²) in [7, 11) is 3.23. The van der Waals surface area contributed by atoms with Crippen LogP contribution in [0.3, 0.4) is 0 Å². The predicted octanol–water partition coefficient (Wildman–Crippen LogP) is 3.95. The van der Waals surface area contributed by atoms with Crippen molar-refractivity contribution in [1.82, 2.24) is 0 Å². The lowest BCUT2D eigenvalue weighted by molar-refractivity contribution is 0.414. The summed E-state index contributed by atoms with van der Waals surface area (Å²) in [6.07, 6.45) is -1.46. The van der Waals surface area contributed by atoms with Crippen molar-refractivity contribution in [1.29, 1.82) is 0 Å². The highest BCUT2D eigenvalue weighted by atomic mass is 16.5. The highest BCUT2D eigenvalue weighted by Gasteiger charge is 2.50. The van der Waals surface area contributed by atoms with Gasteiger partial charge in [-0.05, 0) is 41.8 Å². The van der Waals surface area contributed by atoms with E-state index in [2.05, 4.69) is 6.58 Å². The van der Waals surface area contributed by atoms with Gasteiger partial charge in [0.25, 0.3) is 0 Å². The third-order valence-corrected chi connectivity index (χ3v) is 3.77. The molecular formula is C18H18O2. The van der Waals surface area contributed by atoms with Crippen LogP contribution in [-0.2, 0) is 5.41 Å². The largest absolute Gasteiger partial charge is 0.497 e. The Kier molecular flexibility index (Phi) is 2.49. The minimum Gasteiger partial charge on any atom is -0.497 e. The van der Waals surface area contributed by atoms with Crippen LogP contribution in [0.25, 0.3) is 0 Å². The maximum atomic E-state index is 8.34. The minimum atomic E-state index is -1.46. The molecule has 0 heterocycles. The molecular weight excluding hydrogens is 248 g/mol. The molecule has 0 radical (unpaired) electrons. The first-order chi connectivity index (χ1) is 10.5. The van der Waals surface area contributed by atoms with Gasteiger partial charge in [0.1, 0.15) is 11.5 Å². The molecule has 1 aliphatic carbocycles. The van der Waals surface area contributed by atoms with Gasteiger partial charge in [-0.25, -0.2) is 0 Å². The first-order valence-electron chi connectivity index (χ1n) is 7.47. The molecule has 3 rings (SSSR count). The molecule has 2 aromatic rings. The van der Waals surface area contributed by atoms with Crippen LogP contribution in [0.5, 0.6) is 11.5 Å². The second-order valence-electron chi connectivity index (χ2n) is 4.81. The van der Waals surface area contributed by atoms with Crippen molar-refractivity contribution in [2.75, 3.05) is 14.2 Å². The Bertz CT molecular complexity index is 655. The van der Waals surface area contributed by atoms with E-state index in [1.165, 1.54) is 0 Å². The van der Waals surface area contributed by atoms with Crippen LogP contribution in [0.1, 0.15) is 20.2 Å². The van der Waals surface area contributed by atoms with E-state index in [1.54, 1.807) is 14.2 Å². The van der Waals surface area contributed by atoms with Gasteiger partial charge in [0.15, 0.2) is 0 Å². The molecule has 1 aliphatic rings. The highest BCUT2D eigenvalue weighted by molar-refractivity contribution is 5.60. The van der Waals surface area contributed by atoms with Crippen LogP contribution >= 0.6 is 0 Å². The molecule has 0 aromatic heterocycles. The van der Waals surface area contributed by atoms with Crippen molar-refractivity contribution >= 4 is 0 Å². The molecule has 0 saturated heterocycles. The van der Waals surface area contributed by atoms with E-state index >= 15 is 0 Å². The van der Waals surface area contributed by atoms with Crippen molar-refractivity contribution in [3.8, 4) is 11.5 Å². The normalized spacial score (nSPS) is 19.8. The predicted molar refractivity (Wildman–Crippen MR) is 80.5 cm³/mol. The van der Waals surface area contributed by atoms with Gasteiger partial charge in [0.2, 0.25) is 0 Å². The molecule has 102 valence electrons. The van der Waals surface area contributed by atoms with Gasteiger partial charge >= 0.3 is 0 Å². The number of methoxy groups -OCH3 is 2. The van der Waals surface area contributed by atoms with Crippen molar-refractivity contribution < 1.29 is 12.2 Å². The topological polar surface area (TPSA) is 18.5 Å². The zero-order valence-electron chi connectivity index (χ0n) is 13.6. The average molecular weight is 268 g/mol. The van der Waals surface area contributed by atoms with Gasteiger partial charge in [-0.15, -0.1) is 0 Å². The van der Waals surface area contributed by atoms with Crippen molar-refractivity contribution in [2.45, 2.75) is 11.8 Å². The Morgan fingerprint density at radius 2 is 1.25 bits per heavy atom. The molecule has 2 heteroatoms. The van der Waals surface area contributed by atoms with Gasteiger partial charge in [-0.2, -0.15) is 0 Å². The second-order valence-corrected chi connectivity index (χ2v) is 4.81. The van der Waals surface area contributed by atoms with Crippen molar-refractivity contribution in [2.24, 2.45) is 0 Å². The second kappa shape index (κ2) is 4.71. The quantitative estimate of drug-likeness (QED) is 0.782. The number of hydrogen-bond donors (Lipinski definition) is 0. The van der Waals surface area contributed by atoms with E-state index in [1.807, 2.05) is 48.5 Å². The fourth-order valence-electron chi connectivity index (χ4n) is 2.54. The number of hydrogen-bond acceptors (Lipinski definition) is 2. The molecule has 0 N–H and O–H groups in total.